The van der Waals surface area contributed by atoms with Crippen molar-refractivity contribution >= 4 is 69.9 Å². The van der Waals surface area contributed by atoms with Crippen LogP contribution in [0.25, 0.3) is 0 Å². The molecule has 0 aromatic heterocycles. The van der Waals surface area contributed by atoms with Crippen LogP contribution in [-0.4, -0.2) is 93.2 Å². The SMILES string of the molecule is CO[C@H](C(=O)O)[C@H](NC(=O)c1ccc(NC(=O)c2ccc([N+](=O)[O-])cc2)cc1)C(=O)Nc1ccc(C(=O)Nc2ccc(C(=O)Nc3ccc(C(=O)O)cc3OC(C)C)c(O)c2OC(C)C)cc1. The minimum atomic E-state index is -1.85. The number of nitro groups is 1. The number of hydrogen-bond acceptors (Lipinski definition) is 13. The first-order chi connectivity index (χ1) is 31.8. The molecule has 5 rings (SSSR count). The number of carboxylic acid groups (broad SMARTS) is 2. The van der Waals surface area contributed by atoms with Crippen LogP contribution >= 0.6 is 0 Å². The maximum absolute atomic E-state index is 13.5. The van der Waals surface area contributed by atoms with Crippen LogP contribution in [0.3, 0.4) is 0 Å². The molecular weight excluding hydrogens is 877 g/mol. The smallest absolute Gasteiger partial charge is 0.335 e. The number of aliphatic carboxylic acids is 1. The molecule has 5 aromatic carbocycles. The Bertz CT molecular complexity index is 2700. The summed E-state index contributed by atoms with van der Waals surface area (Å²) in [6.45, 7) is 6.74. The first kappa shape index (κ1) is 49.2. The summed E-state index contributed by atoms with van der Waals surface area (Å²) in [4.78, 5) is 100. The quantitative estimate of drug-likeness (QED) is 0.0339. The summed E-state index contributed by atoms with van der Waals surface area (Å²) in [6.07, 6.45) is -2.77. The highest BCUT2D eigenvalue weighted by molar-refractivity contribution is 6.10. The van der Waals surface area contributed by atoms with Crippen molar-refractivity contribution in [3.63, 3.8) is 0 Å². The number of phenols is 1. The van der Waals surface area contributed by atoms with Crippen LogP contribution in [-0.2, 0) is 14.3 Å². The van der Waals surface area contributed by atoms with Crippen LogP contribution in [0.4, 0.5) is 28.4 Å². The number of anilines is 4. The Balaban J connectivity index is 1.27. The van der Waals surface area contributed by atoms with Gasteiger partial charge in [0, 0.05) is 47.3 Å². The van der Waals surface area contributed by atoms with Gasteiger partial charge in [-0.3, -0.25) is 34.1 Å². The number of aromatic hydroxyl groups is 1. The summed E-state index contributed by atoms with van der Waals surface area (Å²) >= 11 is 0. The molecule has 21 heteroatoms. The number of nitrogens with one attached hydrogen (secondary N) is 5. The number of carbonyl (C=O) groups is 7. The predicted octanol–water partition coefficient (Wildman–Crippen LogP) is 6.17. The van der Waals surface area contributed by atoms with E-state index in [9.17, 15) is 59.0 Å². The van der Waals surface area contributed by atoms with E-state index in [1.165, 1.54) is 103 Å². The molecule has 0 aliphatic carbocycles. The second kappa shape index (κ2) is 21.7. The Morgan fingerprint density at radius 3 is 1.61 bits per heavy atom. The number of benzene rings is 5. The lowest BCUT2D eigenvalue weighted by Crippen LogP contribution is -2.54. The van der Waals surface area contributed by atoms with Gasteiger partial charge in [0.2, 0.25) is 5.91 Å². The maximum Gasteiger partial charge on any atom is 0.335 e. The Hall–Kier alpha value is -8.85. The van der Waals surface area contributed by atoms with Crippen molar-refractivity contribution in [1.29, 1.82) is 0 Å². The van der Waals surface area contributed by atoms with Crippen LogP contribution in [0, 0.1) is 10.1 Å². The molecule has 5 aromatic rings. The van der Waals surface area contributed by atoms with E-state index in [4.69, 9.17) is 14.2 Å². The largest absolute Gasteiger partial charge is 0.504 e. The second-order valence-electron chi connectivity index (χ2n) is 14.9. The van der Waals surface area contributed by atoms with E-state index in [1.807, 2.05) is 0 Å². The van der Waals surface area contributed by atoms with Gasteiger partial charge in [-0.05, 0) is 119 Å². The van der Waals surface area contributed by atoms with Crippen molar-refractivity contribution in [1.82, 2.24) is 5.32 Å². The molecule has 0 unspecified atom stereocenters. The van der Waals surface area contributed by atoms with Gasteiger partial charge in [-0.2, -0.15) is 0 Å². The maximum atomic E-state index is 13.5. The van der Waals surface area contributed by atoms with Gasteiger partial charge in [-0.15, -0.1) is 0 Å². The third-order valence-electron chi connectivity index (χ3n) is 9.35. The molecule has 5 amide bonds. The molecule has 0 bridgehead atoms. The first-order valence-electron chi connectivity index (χ1n) is 20.1. The molecule has 0 saturated carbocycles. The molecule has 21 nitrogen and oxygen atoms in total. The number of methoxy groups -OCH3 is 1. The lowest BCUT2D eigenvalue weighted by atomic mass is 10.1. The Morgan fingerprint density at radius 2 is 1.09 bits per heavy atom. The lowest BCUT2D eigenvalue weighted by molar-refractivity contribution is -0.384. The molecule has 0 radical (unpaired) electrons. The number of rotatable bonds is 19. The summed E-state index contributed by atoms with van der Waals surface area (Å²) in [5.41, 5.74) is 0.0958. The predicted molar refractivity (Wildman–Crippen MR) is 241 cm³/mol. The molecule has 0 aliphatic heterocycles. The molecule has 348 valence electrons. The van der Waals surface area contributed by atoms with Gasteiger partial charge < -0.3 is 56.1 Å². The van der Waals surface area contributed by atoms with Crippen molar-refractivity contribution < 1.29 is 68.0 Å². The number of nitrogens with zero attached hydrogens (tertiary/aromatic N) is 1. The topological polar surface area (TPSA) is 311 Å². The van der Waals surface area contributed by atoms with E-state index < -0.39 is 70.4 Å². The van der Waals surface area contributed by atoms with Crippen molar-refractivity contribution in [2.24, 2.45) is 0 Å². The summed E-state index contributed by atoms with van der Waals surface area (Å²) in [6, 6.07) is 20.2. The van der Waals surface area contributed by atoms with Crippen molar-refractivity contribution in [3.8, 4) is 17.2 Å². The number of non-ortho nitro benzene ring substituents is 1. The summed E-state index contributed by atoms with van der Waals surface area (Å²) in [7, 11) is 1.03. The van der Waals surface area contributed by atoms with E-state index in [2.05, 4.69) is 26.6 Å². The minimum Gasteiger partial charge on any atom is -0.504 e. The molecule has 0 fully saturated rings. The number of ether oxygens (including phenoxy) is 3. The molecule has 8 N–H and O–H groups in total. The monoisotopic (exact) mass is 920 g/mol. The fourth-order valence-electron chi connectivity index (χ4n) is 6.15. The van der Waals surface area contributed by atoms with Crippen molar-refractivity contribution in [2.45, 2.75) is 52.0 Å². The summed E-state index contributed by atoms with van der Waals surface area (Å²) < 4.78 is 16.5. The van der Waals surface area contributed by atoms with Gasteiger partial charge in [0.25, 0.3) is 29.3 Å². The molecule has 0 heterocycles. The highest BCUT2D eigenvalue weighted by Crippen LogP contribution is 2.39. The Morgan fingerprint density at radius 1 is 0.597 bits per heavy atom. The van der Waals surface area contributed by atoms with E-state index in [-0.39, 0.29) is 73.9 Å². The van der Waals surface area contributed by atoms with Crippen LogP contribution in [0.2, 0.25) is 0 Å². The number of phenolic OH excluding ortho intramolecular Hbond substituents is 1. The number of nitro benzene ring substituents is 1. The summed E-state index contributed by atoms with van der Waals surface area (Å²) in [5.74, 6) is -7.51. The van der Waals surface area contributed by atoms with Gasteiger partial charge >= 0.3 is 11.9 Å². The minimum absolute atomic E-state index is 0.0146. The van der Waals surface area contributed by atoms with Gasteiger partial charge in [0.05, 0.1) is 39.6 Å². The number of carboxylic acids is 2. The highest BCUT2D eigenvalue weighted by atomic mass is 16.6. The average molecular weight is 921 g/mol. The number of amides is 5. The zero-order chi connectivity index (χ0) is 49.1. The number of carbonyl (C=O) groups excluding carboxylic acids is 5. The van der Waals surface area contributed by atoms with Gasteiger partial charge in [0.1, 0.15) is 11.8 Å². The molecule has 67 heavy (non-hydrogen) atoms. The molecule has 0 spiro atoms. The van der Waals surface area contributed by atoms with E-state index in [0.717, 1.165) is 7.11 Å². The fourth-order valence-corrected chi connectivity index (χ4v) is 6.15. The van der Waals surface area contributed by atoms with Gasteiger partial charge in [-0.25, -0.2) is 9.59 Å². The van der Waals surface area contributed by atoms with Crippen LogP contribution in [0.1, 0.15) is 79.5 Å². The van der Waals surface area contributed by atoms with E-state index >= 15 is 0 Å². The van der Waals surface area contributed by atoms with Crippen LogP contribution in [0.5, 0.6) is 17.2 Å². The molecule has 0 saturated heterocycles. The van der Waals surface area contributed by atoms with Crippen molar-refractivity contribution in [2.75, 3.05) is 28.4 Å². The van der Waals surface area contributed by atoms with E-state index in [1.54, 1.807) is 27.7 Å². The Kier molecular flexibility index (Phi) is 15.9. The van der Waals surface area contributed by atoms with Gasteiger partial charge in [-0.1, -0.05) is 0 Å². The Labute approximate surface area is 381 Å². The first-order valence-corrected chi connectivity index (χ1v) is 20.1. The highest BCUT2D eigenvalue weighted by Gasteiger charge is 2.36. The molecule has 0 aliphatic rings. The molecule has 2 atom stereocenters. The number of hydrogen-bond donors (Lipinski definition) is 8. The van der Waals surface area contributed by atoms with Gasteiger partial charge in [0.15, 0.2) is 17.6 Å². The third-order valence-corrected chi connectivity index (χ3v) is 9.35. The number of aromatic carboxylic acids is 1. The van der Waals surface area contributed by atoms with Crippen LogP contribution < -0.4 is 36.1 Å². The second-order valence-corrected chi connectivity index (χ2v) is 14.9. The third kappa shape index (κ3) is 12.7. The average Bonchev–Trinajstić information content (AvgIpc) is 3.28. The summed E-state index contributed by atoms with van der Waals surface area (Å²) in [5, 5.41) is 54.1. The standard InChI is InChI=1S/C46H44N6O15/c1-23(2)66-35-22-28(45(59)60)12-20-33(35)49-43(57)32-19-21-34(38(37(32)53)67-24(3)4)50-41(55)25-6-15-30(16-7-25)48-44(58)36(39(65-5)46(61)62)51-42(56)26-8-13-29(14-9-26)47-40(54)27-10-17-31(18-11-27)52(63)64/h6-24,36,39,53H,1-5H3,(H,47,54)(H,48,58)(H,49,57)(H,50,55)(H,51,56)(H,59,60)(H,61,62)/t36-,39-/m0/s1. The normalized spacial score (nSPS) is 11.7. The van der Waals surface area contributed by atoms with E-state index in [0.29, 0.717) is 0 Å². The van der Waals surface area contributed by atoms with Crippen molar-refractivity contribution in [3.05, 3.63) is 141 Å². The van der Waals surface area contributed by atoms with Crippen LogP contribution in [0.15, 0.2) is 103 Å². The zero-order valence-corrected chi connectivity index (χ0v) is 36.3. The fraction of sp³-hybridized carbons (Fsp3) is 0.196. The zero-order valence-electron chi connectivity index (χ0n) is 36.3. The lowest BCUT2D eigenvalue weighted by Gasteiger charge is -2.23. The molecular formula is C46H44N6O15.